The molecule has 0 bridgehead atoms. The number of nitrogens with zero attached hydrogens (tertiary/aromatic N) is 2. The summed E-state index contributed by atoms with van der Waals surface area (Å²) >= 11 is 15.7. The maximum atomic E-state index is 12.8. The maximum absolute atomic E-state index is 12.8. The minimum atomic E-state index is -0.104. The number of benzene rings is 2. The molecular formula is C23H21BrCl2N2O3. The lowest BCUT2D eigenvalue weighted by Gasteiger charge is -2.34. The molecule has 2 heterocycles. The molecule has 31 heavy (non-hydrogen) atoms. The fourth-order valence-electron chi connectivity index (χ4n) is 3.45. The van der Waals surface area contributed by atoms with Gasteiger partial charge in [-0.15, -0.1) is 0 Å². The van der Waals surface area contributed by atoms with E-state index in [9.17, 15) is 4.79 Å². The van der Waals surface area contributed by atoms with Crippen molar-refractivity contribution in [1.29, 1.82) is 0 Å². The molecule has 3 aromatic rings. The predicted molar refractivity (Wildman–Crippen MR) is 125 cm³/mol. The van der Waals surface area contributed by atoms with Crippen molar-refractivity contribution in [2.24, 2.45) is 0 Å². The fourth-order valence-corrected chi connectivity index (χ4v) is 4.20. The fraction of sp³-hybridized carbons (Fsp3) is 0.261. The second-order valence-corrected chi connectivity index (χ2v) is 8.91. The molecule has 162 valence electrons. The van der Waals surface area contributed by atoms with Crippen molar-refractivity contribution in [3.05, 3.63) is 86.2 Å². The van der Waals surface area contributed by atoms with Crippen molar-refractivity contribution in [1.82, 2.24) is 9.80 Å². The number of carbonyl (C=O) groups is 1. The van der Waals surface area contributed by atoms with Gasteiger partial charge in [0.05, 0.1) is 5.02 Å². The number of amides is 1. The van der Waals surface area contributed by atoms with Gasteiger partial charge in [0.25, 0.3) is 5.91 Å². The second kappa shape index (κ2) is 10.1. The molecule has 1 saturated heterocycles. The largest absolute Gasteiger partial charge is 0.484 e. The molecule has 1 amide bonds. The van der Waals surface area contributed by atoms with Crippen molar-refractivity contribution in [2.75, 3.05) is 26.2 Å². The van der Waals surface area contributed by atoms with Crippen LogP contribution in [0.25, 0.3) is 0 Å². The van der Waals surface area contributed by atoms with Gasteiger partial charge in [-0.1, -0.05) is 63.4 Å². The number of ether oxygens (including phenoxy) is 1. The molecule has 8 heteroatoms. The molecule has 2 aromatic carbocycles. The number of piperazine rings is 1. The topological polar surface area (TPSA) is 45.9 Å². The van der Waals surface area contributed by atoms with Crippen LogP contribution in [0.4, 0.5) is 0 Å². The van der Waals surface area contributed by atoms with E-state index in [0.717, 1.165) is 24.1 Å². The number of hydrogen-bond donors (Lipinski definition) is 0. The smallest absolute Gasteiger partial charge is 0.289 e. The standard InChI is InChI=1S/C23H21BrCl2N2O3/c24-18-5-2-1-4-16(18)14-27-10-12-28(13-11-27)23(29)21-9-8-17(31-21)15-30-20-7-3-6-19(25)22(20)26/h1-9H,10-15H2. The Morgan fingerprint density at radius 2 is 1.77 bits per heavy atom. The van der Waals surface area contributed by atoms with Gasteiger partial charge in [0.2, 0.25) is 0 Å². The van der Waals surface area contributed by atoms with Crippen molar-refractivity contribution in [2.45, 2.75) is 13.2 Å². The Morgan fingerprint density at radius 3 is 2.55 bits per heavy atom. The molecule has 1 aliphatic heterocycles. The minimum absolute atomic E-state index is 0.104. The van der Waals surface area contributed by atoms with Gasteiger partial charge in [-0.2, -0.15) is 0 Å². The monoisotopic (exact) mass is 522 g/mol. The lowest BCUT2D eigenvalue weighted by molar-refractivity contribution is 0.0594. The minimum Gasteiger partial charge on any atom is -0.484 e. The van der Waals surface area contributed by atoms with Crippen LogP contribution in [0.15, 0.2) is 63.5 Å². The van der Waals surface area contributed by atoms with E-state index in [0.29, 0.717) is 40.4 Å². The molecule has 0 spiro atoms. The zero-order chi connectivity index (χ0) is 21.8. The van der Waals surface area contributed by atoms with Gasteiger partial charge in [0.15, 0.2) is 5.76 Å². The molecule has 0 aliphatic carbocycles. The van der Waals surface area contributed by atoms with Crippen LogP contribution in [0.3, 0.4) is 0 Å². The average molecular weight is 524 g/mol. The molecule has 0 N–H and O–H groups in total. The summed E-state index contributed by atoms with van der Waals surface area (Å²) in [6.45, 7) is 3.97. The Kier molecular flexibility index (Phi) is 7.23. The van der Waals surface area contributed by atoms with E-state index in [-0.39, 0.29) is 12.5 Å². The third-order valence-corrected chi connectivity index (χ3v) is 6.75. The molecule has 5 nitrogen and oxygen atoms in total. The highest BCUT2D eigenvalue weighted by molar-refractivity contribution is 9.10. The number of furan rings is 1. The predicted octanol–water partition coefficient (Wildman–Crippen LogP) is 5.89. The molecule has 0 atom stereocenters. The normalized spacial score (nSPS) is 14.6. The zero-order valence-corrected chi connectivity index (χ0v) is 19.8. The lowest BCUT2D eigenvalue weighted by atomic mass is 10.2. The summed E-state index contributed by atoms with van der Waals surface area (Å²) < 4.78 is 12.5. The lowest BCUT2D eigenvalue weighted by Crippen LogP contribution is -2.48. The van der Waals surface area contributed by atoms with E-state index in [4.69, 9.17) is 32.4 Å². The zero-order valence-electron chi connectivity index (χ0n) is 16.7. The molecule has 0 saturated carbocycles. The Balaban J connectivity index is 1.30. The van der Waals surface area contributed by atoms with Crippen LogP contribution in [0.2, 0.25) is 10.0 Å². The molecule has 0 unspecified atom stereocenters. The first kappa shape index (κ1) is 22.2. The van der Waals surface area contributed by atoms with E-state index < -0.39 is 0 Å². The van der Waals surface area contributed by atoms with Crippen LogP contribution in [0.5, 0.6) is 5.75 Å². The molecule has 1 aliphatic rings. The van der Waals surface area contributed by atoms with E-state index in [1.54, 1.807) is 30.3 Å². The van der Waals surface area contributed by atoms with E-state index in [1.807, 2.05) is 23.1 Å². The van der Waals surface area contributed by atoms with E-state index in [1.165, 1.54) is 5.56 Å². The summed E-state index contributed by atoms with van der Waals surface area (Å²) in [5.41, 5.74) is 1.25. The Labute approximate surface area is 199 Å². The average Bonchev–Trinajstić information content (AvgIpc) is 3.25. The first-order valence-electron chi connectivity index (χ1n) is 9.92. The first-order valence-corrected chi connectivity index (χ1v) is 11.5. The van der Waals surface area contributed by atoms with Gasteiger partial charge in [0.1, 0.15) is 23.1 Å². The summed E-state index contributed by atoms with van der Waals surface area (Å²) in [6, 6.07) is 16.8. The van der Waals surface area contributed by atoms with Crippen LogP contribution in [0.1, 0.15) is 21.9 Å². The molecular weight excluding hydrogens is 503 g/mol. The van der Waals surface area contributed by atoms with Gasteiger partial charge in [-0.3, -0.25) is 9.69 Å². The number of halogens is 3. The van der Waals surface area contributed by atoms with Crippen LogP contribution in [0, 0.1) is 0 Å². The van der Waals surface area contributed by atoms with Gasteiger partial charge in [-0.25, -0.2) is 0 Å². The van der Waals surface area contributed by atoms with Crippen LogP contribution < -0.4 is 4.74 Å². The van der Waals surface area contributed by atoms with Crippen molar-refractivity contribution >= 4 is 45.0 Å². The third kappa shape index (κ3) is 5.44. The highest BCUT2D eigenvalue weighted by atomic mass is 79.9. The van der Waals surface area contributed by atoms with Crippen LogP contribution in [-0.2, 0) is 13.2 Å². The highest BCUT2D eigenvalue weighted by Crippen LogP contribution is 2.32. The van der Waals surface area contributed by atoms with Crippen LogP contribution in [-0.4, -0.2) is 41.9 Å². The summed E-state index contributed by atoms with van der Waals surface area (Å²) in [7, 11) is 0. The number of carbonyl (C=O) groups excluding carboxylic acids is 1. The number of hydrogen-bond acceptors (Lipinski definition) is 4. The highest BCUT2D eigenvalue weighted by Gasteiger charge is 2.24. The molecule has 1 aromatic heterocycles. The van der Waals surface area contributed by atoms with Gasteiger partial charge >= 0.3 is 0 Å². The Morgan fingerprint density at radius 1 is 1.00 bits per heavy atom. The first-order chi connectivity index (χ1) is 15.0. The van der Waals surface area contributed by atoms with E-state index in [2.05, 4.69) is 26.9 Å². The third-order valence-electron chi connectivity index (χ3n) is 5.17. The number of rotatable bonds is 6. The Bertz CT molecular complexity index is 1060. The quantitative estimate of drug-likeness (QED) is 0.404. The van der Waals surface area contributed by atoms with Crippen molar-refractivity contribution < 1.29 is 13.9 Å². The van der Waals surface area contributed by atoms with Gasteiger partial charge < -0.3 is 14.1 Å². The summed E-state index contributed by atoms with van der Waals surface area (Å²) in [5.74, 6) is 1.23. The molecule has 1 fully saturated rings. The summed E-state index contributed by atoms with van der Waals surface area (Å²) in [5, 5.41) is 0.778. The second-order valence-electron chi connectivity index (χ2n) is 7.27. The SMILES string of the molecule is O=C(c1ccc(COc2cccc(Cl)c2Cl)o1)N1CCN(Cc2ccccc2Br)CC1. The van der Waals surface area contributed by atoms with Gasteiger partial charge in [-0.05, 0) is 35.9 Å². The molecule has 4 rings (SSSR count). The van der Waals surface area contributed by atoms with Crippen molar-refractivity contribution in [3.8, 4) is 5.75 Å². The maximum Gasteiger partial charge on any atom is 0.289 e. The van der Waals surface area contributed by atoms with Crippen LogP contribution >= 0.6 is 39.1 Å². The molecule has 0 radical (unpaired) electrons. The van der Waals surface area contributed by atoms with E-state index >= 15 is 0 Å². The summed E-state index contributed by atoms with van der Waals surface area (Å²) in [6.07, 6.45) is 0. The summed E-state index contributed by atoms with van der Waals surface area (Å²) in [4.78, 5) is 17.0. The van der Waals surface area contributed by atoms with Crippen molar-refractivity contribution in [3.63, 3.8) is 0 Å². The van der Waals surface area contributed by atoms with Gasteiger partial charge in [0, 0.05) is 37.2 Å². The Hall–Kier alpha value is -1.99.